The summed E-state index contributed by atoms with van der Waals surface area (Å²) in [5.41, 5.74) is -0.514. The number of hydrogen-bond acceptors (Lipinski definition) is 4. The van der Waals surface area contributed by atoms with Crippen molar-refractivity contribution in [1.82, 2.24) is 19.8 Å². The van der Waals surface area contributed by atoms with Crippen LogP contribution >= 0.6 is 0 Å². The highest BCUT2D eigenvalue weighted by molar-refractivity contribution is 5.80. The molecule has 1 fully saturated rings. The van der Waals surface area contributed by atoms with Gasteiger partial charge in [-0.25, -0.2) is 9.78 Å². The molecule has 0 radical (unpaired) electrons. The van der Waals surface area contributed by atoms with Gasteiger partial charge in [-0.15, -0.1) is 0 Å². The quantitative estimate of drug-likeness (QED) is 0.835. The van der Waals surface area contributed by atoms with E-state index in [9.17, 15) is 9.59 Å². The lowest BCUT2D eigenvalue weighted by Crippen LogP contribution is -2.47. The molecule has 0 spiro atoms. The SMILES string of the molecule is CC(C)(C)OC(=O)N1CCCC(C(=O)NCCCn2ccnc2)C1. The summed E-state index contributed by atoms with van der Waals surface area (Å²) in [7, 11) is 0. The average Bonchev–Trinajstić information content (AvgIpc) is 3.03. The number of aryl methyl sites for hydroxylation is 1. The molecule has 1 atom stereocenters. The van der Waals surface area contributed by atoms with Gasteiger partial charge in [0.15, 0.2) is 0 Å². The number of rotatable bonds is 5. The molecule has 2 amide bonds. The van der Waals surface area contributed by atoms with Crippen molar-refractivity contribution in [1.29, 1.82) is 0 Å². The van der Waals surface area contributed by atoms with Gasteiger partial charge in [0.05, 0.1) is 12.2 Å². The number of carbonyl (C=O) groups excluding carboxylic acids is 2. The molecule has 7 heteroatoms. The molecule has 2 rings (SSSR count). The Morgan fingerprint density at radius 3 is 2.83 bits per heavy atom. The van der Waals surface area contributed by atoms with Crippen LogP contribution in [0.4, 0.5) is 4.79 Å². The molecule has 0 aromatic carbocycles. The molecule has 0 aliphatic carbocycles. The first-order valence-electron chi connectivity index (χ1n) is 8.56. The van der Waals surface area contributed by atoms with Gasteiger partial charge < -0.3 is 19.5 Å². The van der Waals surface area contributed by atoms with Crippen LogP contribution in [0.15, 0.2) is 18.7 Å². The topological polar surface area (TPSA) is 76.5 Å². The van der Waals surface area contributed by atoms with Crippen molar-refractivity contribution >= 4 is 12.0 Å². The molecule has 1 saturated heterocycles. The fraction of sp³-hybridized carbons (Fsp3) is 0.706. The Morgan fingerprint density at radius 1 is 1.38 bits per heavy atom. The smallest absolute Gasteiger partial charge is 0.410 e. The molecule has 1 aliphatic rings. The summed E-state index contributed by atoms with van der Waals surface area (Å²) < 4.78 is 7.37. The number of aromatic nitrogens is 2. The molecule has 2 heterocycles. The summed E-state index contributed by atoms with van der Waals surface area (Å²) in [4.78, 5) is 30.1. The first kappa shape index (κ1) is 18.3. The molecule has 7 nitrogen and oxygen atoms in total. The molecule has 134 valence electrons. The van der Waals surface area contributed by atoms with E-state index in [-0.39, 0.29) is 17.9 Å². The summed E-state index contributed by atoms with van der Waals surface area (Å²) in [5.74, 6) is -0.131. The Labute approximate surface area is 143 Å². The third-order valence-corrected chi connectivity index (χ3v) is 3.90. The second-order valence-corrected chi connectivity index (χ2v) is 7.21. The number of carbonyl (C=O) groups is 2. The van der Waals surface area contributed by atoms with Gasteiger partial charge in [-0.3, -0.25) is 4.79 Å². The number of amides is 2. The van der Waals surface area contributed by atoms with Crippen molar-refractivity contribution in [3.63, 3.8) is 0 Å². The zero-order valence-corrected chi connectivity index (χ0v) is 14.8. The Balaban J connectivity index is 1.72. The van der Waals surface area contributed by atoms with Gasteiger partial charge in [0.25, 0.3) is 0 Å². The molecule has 1 aliphatic heterocycles. The van der Waals surface area contributed by atoms with Crippen LogP contribution in [0.2, 0.25) is 0 Å². The Kier molecular flexibility index (Phi) is 6.23. The minimum atomic E-state index is -0.514. The van der Waals surface area contributed by atoms with Gasteiger partial charge in [-0.2, -0.15) is 0 Å². The Hall–Kier alpha value is -2.05. The largest absolute Gasteiger partial charge is 0.444 e. The van der Waals surface area contributed by atoms with Crippen molar-refractivity contribution in [2.75, 3.05) is 19.6 Å². The maximum atomic E-state index is 12.3. The maximum Gasteiger partial charge on any atom is 0.410 e. The molecule has 1 N–H and O–H groups in total. The molecule has 0 saturated carbocycles. The molecule has 1 aromatic heterocycles. The summed E-state index contributed by atoms with van der Waals surface area (Å²) in [6.07, 6.45) is 7.57. The second-order valence-electron chi connectivity index (χ2n) is 7.21. The number of likely N-dealkylation sites (tertiary alicyclic amines) is 1. The average molecular weight is 336 g/mol. The summed E-state index contributed by atoms with van der Waals surface area (Å²) in [6, 6.07) is 0. The predicted octanol–water partition coefficient (Wildman–Crippen LogP) is 2.04. The van der Waals surface area contributed by atoms with Crippen molar-refractivity contribution in [3.8, 4) is 0 Å². The number of nitrogens with one attached hydrogen (secondary N) is 1. The number of imidazole rings is 1. The Bertz CT molecular complexity index is 537. The van der Waals surface area contributed by atoms with E-state index in [0.717, 1.165) is 25.8 Å². The zero-order valence-electron chi connectivity index (χ0n) is 14.8. The highest BCUT2D eigenvalue weighted by atomic mass is 16.6. The second kappa shape index (κ2) is 8.17. The van der Waals surface area contributed by atoms with Gasteiger partial charge in [-0.05, 0) is 40.0 Å². The number of hydrogen-bond donors (Lipinski definition) is 1. The van der Waals surface area contributed by atoms with Crippen LogP contribution in [0.5, 0.6) is 0 Å². The van der Waals surface area contributed by atoms with Gasteiger partial charge in [0.2, 0.25) is 5.91 Å². The van der Waals surface area contributed by atoms with E-state index in [1.165, 1.54) is 0 Å². The van der Waals surface area contributed by atoms with Crippen LogP contribution < -0.4 is 5.32 Å². The molecular formula is C17H28N4O3. The van der Waals surface area contributed by atoms with Gasteiger partial charge in [0.1, 0.15) is 5.60 Å². The van der Waals surface area contributed by atoms with E-state index < -0.39 is 5.60 Å². The first-order chi connectivity index (χ1) is 11.3. The third kappa shape index (κ3) is 5.86. The maximum absolute atomic E-state index is 12.3. The highest BCUT2D eigenvalue weighted by Crippen LogP contribution is 2.19. The van der Waals surface area contributed by atoms with Crippen molar-refractivity contribution in [3.05, 3.63) is 18.7 Å². The highest BCUT2D eigenvalue weighted by Gasteiger charge is 2.30. The fourth-order valence-corrected chi connectivity index (χ4v) is 2.72. The van der Waals surface area contributed by atoms with Crippen molar-refractivity contribution in [2.45, 2.75) is 52.2 Å². The van der Waals surface area contributed by atoms with Crippen molar-refractivity contribution < 1.29 is 14.3 Å². The number of ether oxygens (including phenoxy) is 1. The minimum Gasteiger partial charge on any atom is -0.444 e. The van der Waals surface area contributed by atoms with Crippen LogP contribution in [0.3, 0.4) is 0 Å². The standard InChI is InChI=1S/C17H28N4O3/c1-17(2,3)24-16(23)21-10-4-6-14(12-21)15(22)19-7-5-9-20-11-8-18-13-20/h8,11,13-14H,4-7,9-10,12H2,1-3H3,(H,19,22). The van der Waals surface area contributed by atoms with Crippen LogP contribution in [-0.2, 0) is 16.1 Å². The van der Waals surface area contributed by atoms with Crippen LogP contribution in [0.1, 0.15) is 40.0 Å². The van der Waals surface area contributed by atoms with Crippen LogP contribution in [-0.4, -0.2) is 51.7 Å². The fourth-order valence-electron chi connectivity index (χ4n) is 2.72. The molecule has 24 heavy (non-hydrogen) atoms. The van der Waals surface area contributed by atoms with Gasteiger partial charge in [-0.1, -0.05) is 0 Å². The molecule has 0 bridgehead atoms. The summed E-state index contributed by atoms with van der Waals surface area (Å²) >= 11 is 0. The monoisotopic (exact) mass is 336 g/mol. The Morgan fingerprint density at radius 2 is 2.17 bits per heavy atom. The molecule has 1 aromatic rings. The normalized spacial score (nSPS) is 18.3. The lowest BCUT2D eigenvalue weighted by molar-refractivity contribution is -0.126. The van der Waals surface area contributed by atoms with E-state index in [0.29, 0.717) is 19.6 Å². The van der Waals surface area contributed by atoms with E-state index >= 15 is 0 Å². The van der Waals surface area contributed by atoms with E-state index in [2.05, 4.69) is 10.3 Å². The molecular weight excluding hydrogens is 308 g/mol. The lowest BCUT2D eigenvalue weighted by atomic mass is 9.97. The van der Waals surface area contributed by atoms with E-state index in [1.54, 1.807) is 17.4 Å². The summed E-state index contributed by atoms with van der Waals surface area (Å²) in [5, 5.41) is 2.97. The minimum absolute atomic E-state index is 0.0221. The number of piperidine rings is 1. The van der Waals surface area contributed by atoms with Crippen molar-refractivity contribution in [2.24, 2.45) is 5.92 Å². The predicted molar refractivity (Wildman–Crippen MR) is 90.4 cm³/mol. The van der Waals surface area contributed by atoms with Crippen LogP contribution in [0, 0.1) is 5.92 Å². The first-order valence-corrected chi connectivity index (χ1v) is 8.56. The van der Waals surface area contributed by atoms with Gasteiger partial charge >= 0.3 is 6.09 Å². The number of nitrogens with zero attached hydrogens (tertiary/aromatic N) is 3. The summed E-state index contributed by atoms with van der Waals surface area (Å²) in [6.45, 7) is 8.08. The third-order valence-electron chi connectivity index (χ3n) is 3.90. The van der Waals surface area contributed by atoms with Crippen LogP contribution in [0.25, 0.3) is 0 Å². The molecule has 1 unspecified atom stereocenters. The lowest BCUT2D eigenvalue weighted by Gasteiger charge is -2.33. The van der Waals surface area contributed by atoms with E-state index in [4.69, 9.17) is 4.74 Å². The van der Waals surface area contributed by atoms with Gasteiger partial charge in [0, 0.05) is 38.6 Å². The van der Waals surface area contributed by atoms with E-state index in [1.807, 2.05) is 31.5 Å². The zero-order chi connectivity index (χ0) is 17.6.